The molecular formula is C21H25NO5. The standard InChI is InChI=1S/C21H25NO5/c1-24-13-12-22-17-8-10-18(11-9-17)27-14-16-6-4-5-7-19(16)20(15-25-2)21(23)26-3/h4-11,15,22H,12-14H2,1-3H3/b20-15+. The van der Waals surface area contributed by atoms with Gasteiger partial charge < -0.3 is 24.3 Å². The molecule has 0 aliphatic rings. The predicted octanol–water partition coefficient (Wildman–Crippen LogP) is 3.48. The third-order valence-corrected chi connectivity index (χ3v) is 3.83. The monoisotopic (exact) mass is 371 g/mol. The van der Waals surface area contributed by atoms with Crippen LogP contribution in [0.25, 0.3) is 5.57 Å². The second-order valence-electron chi connectivity index (χ2n) is 5.65. The summed E-state index contributed by atoms with van der Waals surface area (Å²) in [4.78, 5) is 12.0. The van der Waals surface area contributed by atoms with Crippen molar-refractivity contribution >= 4 is 17.2 Å². The molecule has 2 aromatic rings. The van der Waals surface area contributed by atoms with Crippen molar-refractivity contribution in [3.05, 3.63) is 65.9 Å². The van der Waals surface area contributed by atoms with Gasteiger partial charge in [-0.05, 0) is 35.4 Å². The minimum absolute atomic E-state index is 0.310. The average molecular weight is 371 g/mol. The summed E-state index contributed by atoms with van der Waals surface area (Å²) in [6.45, 7) is 1.70. The molecule has 0 aliphatic heterocycles. The number of benzene rings is 2. The minimum Gasteiger partial charge on any atom is -0.503 e. The number of nitrogens with one attached hydrogen (secondary N) is 1. The Labute approximate surface area is 159 Å². The number of ether oxygens (including phenoxy) is 4. The lowest BCUT2D eigenvalue weighted by Crippen LogP contribution is -2.08. The molecule has 2 aromatic carbocycles. The van der Waals surface area contributed by atoms with E-state index in [0.717, 1.165) is 23.5 Å². The summed E-state index contributed by atoms with van der Waals surface area (Å²) in [5.74, 6) is 0.271. The van der Waals surface area contributed by atoms with Gasteiger partial charge in [0.05, 0.1) is 27.1 Å². The quantitative estimate of drug-likeness (QED) is 0.299. The van der Waals surface area contributed by atoms with Crippen molar-refractivity contribution in [3.63, 3.8) is 0 Å². The Morgan fingerprint density at radius 3 is 2.44 bits per heavy atom. The molecular weight excluding hydrogens is 346 g/mol. The highest BCUT2D eigenvalue weighted by Crippen LogP contribution is 2.23. The molecule has 0 radical (unpaired) electrons. The Bertz CT molecular complexity index is 755. The highest BCUT2D eigenvalue weighted by molar-refractivity contribution is 6.16. The molecule has 0 unspecified atom stereocenters. The fourth-order valence-corrected chi connectivity index (χ4v) is 2.49. The second-order valence-corrected chi connectivity index (χ2v) is 5.65. The molecule has 0 amide bonds. The molecule has 0 saturated carbocycles. The van der Waals surface area contributed by atoms with Crippen LogP contribution in [-0.4, -0.2) is 40.5 Å². The van der Waals surface area contributed by atoms with Gasteiger partial charge in [-0.3, -0.25) is 0 Å². The number of methoxy groups -OCH3 is 3. The highest BCUT2D eigenvalue weighted by Gasteiger charge is 2.16. The normalized spacial score (nSPS) is 11.0. The first kappa shape index (κ1) is 20.3. The molecule has 0 aromatic heterocycles. The van der Waals surface area contributed by atoms with Crippen molar-refractivity contribution in [2.45, 2.75) is 6.61 Å². The maximum Gasteiger partial charge on any atom is 0.341 e. The van der Waals surface area contributed by atoms with E-state index in [0.29, 0.717) is 24.4 Å². The lowest BCUT2D eigenvalue weighted by atomic mass is 10.0. The van der Waals surface area contributed by atoms with Gasteiger partial charge in [0, 0.05) is 19.3 Å². The number of rotatable bonds is 10. The van der Waals surface area contributed by atoms with Crippen LogP contribution >= 0.6 is 0 Å². The average Bonchev–Trinajstić information content (AvgIpc) is 2.71. The first-order valence-corrected chi connectivity index (χ1v) is 8.54. The SMILES string of the molecule is CO/C=C(/C(=O)OC)c1ccccc1COc1ccc(NCCOC)cc1. The molecule has 0 heterocycles. The van der Waals surface area contributed by atoms with Crippen molar-refractivity contribution in [3.8, 4) is 5.75 Å². The molecule has 2 rings (SSSR count). The Kier molecular flexibility index (Phi) is 8.19. The maximum absolute atomic E-state index is 12.0. The van der Waals surface area contributed by atoms with E-state index >= 15 is 0 Å². The first-order chi connectivity index (χ1) is 13.2. The lowest BCUT2D eigenvalue weighted by molar-refractivity contribution is -0.133. The molecule has 1 N–H and O–H groups in total. The van der Waals surface area contributed by atoms with Gasteiger partial charge in [0.25, 0.3) is 0 Å². The lowest BCUT2D eigenvalue weighted by Gasteiger charge is -2.13. The van der Waals surface area contributed by atoms with Crippen LogP contribution in [0, 0.1) is 0 Å². The zero-order valence-electron chi connectivity index (χ0n) is 15.9. The van der Waals surface area contributed by atoms with E-state index in [4.69, 9.17) is 18.9 Å². The van der Waals surface area contributed by atoms with Crippen LogP contribution in [0.4, 0.5) is 5.69 Å². The molecule has 6 nitrogen and oxygen atoms in total. The molecule has 0 atom stereocenters. The minimum atomic E-state index is -0.462. The zero-order chi connectivity index (χ0) is 19.5. The fraction of sp³-hybridized carbons (Fsp3) is 0.286. The molecule has 0 saturated heterocycles. The van der Waals surface area contributed by atoms with E-state index in [-0.39, 0.29) is 0 Å². The topological polar surface area (TPSA) is 66.0 Å². The van der Waals surface area contributed by atoms with E-state index in [1.54, 1.807) is 7.11 Å². The molecule has 0 spiro atoms. The van der Waals surface area contributed by atoms with Gasteiger partial charge in [0.15, 0.2) is 0 Å². The van der Waals surface area contributed by atoms with Crippen LogP contribution in [0.5, 0.6) is 5.75 Å². The van der Waals surface area contributed by atoms with Gasteiger partial charge in [-0.25, -0.2) is 4.79 Å². The third-order valence-electron chi connectivity index (χ3n) is 3.83. The van der Waals surface area contributed by atoms with E-state index in [2.05, 4.69) is 5.32 Å². The number of carbonyl (C=O) groups excluding carboxylic acids is 1. The van der Waals surface area contributed by atoms with Crippen molar-refractivity contribution < 1.29 is 23.7 Å². The van der Waals surface area contributed by atoms with Crippen LogP contribution < -0.4 is 10.1 Å². The molecule has 27 heavy (non-hydrogen) atoms. The van der Waals surface area contributed by atoms with Crippen LogP contribution in [0.1, 0.15) is 11.1 Å². The first-order valence-electron chi connectivity index (χ1n) is 8.54. The summed E-state index contributed by atoms with van der Waals surface area (Å²) < 4.78 is 20.8. The predicted molar refractivity (Wildman–Crippen MR) is 105 cm³/mol. The smallest absolute Gasteiger partial charge is 0.341 e. The van der Waals surface area contributed by atoms with Gasteiger partial charge in [0.2, 0.25) is 0 Å². The summed E-state index contributed by atoms with van der Waals surface area (Å²) in [5, 5.41) is 3.25. The summed E-state index contributed by atoms with van der Waals surface area (Å²) in [6, 6.07) is 15.2. The van der Waals surface area contributed by atoms with Gasteiger partial charge in [-0.15, -0.1) is 0 Å². The Morgan fingerprint density at radius 2 is 1.78 bits per heavy atom. The van der Waals surface area contributed by atoms with Crippen LogP contribution in [0.2, 0.25) is 0 Å². The van der Waals surface area contributed by atoms with E-state index < -0.39 is 5.97 Å². The maximum atomic E-state index is 12.0. The molecule has 0 bridgehead atoms. The molecule has 6 heteroatoms. The number of esters is 1. The highest BCUT2D eigenvalue weighted by atomic mass is 16.5. The van der Waals surface area contributed by atoms with Crippen molar-refractivity contribution in [2.75, 3.05) is 39.8 Å². The fourth-order valence-electron chi connectivity index (χ4n) is 2.49. The van der Waals surface area contributed by atoms with Crippen molar-refractivity contribution in [2.24, 2.45) is 0 Å². The number of hydrogen-bond acceptors (Lipinski definition) is 6. The largest absolute Gasteiger partial charge is 0.503 e. The number of hydrogen-bond donors (Lipinski definition) is 1. The Balaban J connectivity index is 2.08. The van der Waals surface area contributed by atoms with Crippen LogP contribution in [0.3, 0.4) is 0 Å². The third kappa shape index (κ3) is 6.04. The van der Waals surface area contributed by atoms with E-state index in [9.17, 15) is 4.79 Å². The van der Waals surface area contributed by atoms with Crippen LogP contribution in [-0.2, 0) is 25.6 Å². The number of carbonyl (C=O) groups is 1. The van der Waals surface area contributed by atoms with Crippen molar-refractivity contribution in [1.29, 1.82) is 0 Å². The van der Waals surface area contributed by atoms with Gasteiger partial charge in [-0.1, -0.05) is 24.3 Å². The molecule has 144 valence electrons. The van der Waals surface area contributed by atoms with E-state index in [1.165, 1.54) is 20.5 Å². The van der Waals surface area contributed by atoms with E-state index in [1.807, 2.05) is 48.5 Å². The van der Waals surface area contributed by atoms with Gasteiger partial charge in [-0.2, -0.15) is 0 Å². The second kappa shape index (κ2) is 10.9. The molecule has 0 aliphatic carbocycles. The number of anilines is 1. The summed E-state index contributed by atoms with van der Waals surface area (Å²) in [7, 11) is 4.50. The summed E-state index contributed by atoms with van der Waals surface area (Å²) in [5.41, 5.74) is 2.91. The van der Waals surface area contributed by atoms with Crippen LogP contribution in [0.15, 0.2) is 54.8 Å². The zero-order valence-corrected chi connectivity index (χ0v) is 15.9. The van der Waals surface area contributed by atoms with Gasteiger partial charge in [0.1, 0.15) is 17.9 Å². The summed E-state index contributed by atoms with van der Waals surface area (Å²) in [6.07, 6.45) is 1.38. The van der Waals surface area contributed by atoms with Crippen molar-refractivity contribution in [1.82, 2.24) is 0 Å². The Morgan fingerprint density at radius 1 is 1.04 bits per heavy atom. The Hall–Kier alpha value is -2.99. The van der Waals surface area contributed by atoms with Gasteiger partial charge >= 0.3 is 5.97 Å². The summed E-state index contributed by atoms with van der Waals surface area (Å²) >= 11 is 0. The molecule has 0 fully saturated rings.